The molecule has 0 bridgehead atoms. The van der Waals surface area contributed by atoms with Gasteiger partial charge >= 0.3 is 0 Å². The molecule has 3 aromatic carbocycles. The highest BCUT2D eigenvalue weighted by atomic mass is 127. The van der Waals surface area contributed by atoms with Gasteiger partial charge in [0, 0.05) is 51.4 Å². The summed E-state index contributed by atoms with van der Waals surface area (Å²) in [4.78, 5) is 8.97. The molecule has 34 heavy (non-hydrogen) atoms. The van der Waals surface area contributed by atoms with E-state index in [1.54, 1.807) is 0 Å². The zero-order chi connectivity index (χ0) is 22.7. The molecule has 0 aliphatic heterocycles. The molecule has 0 saturated carbocycles. The average Bonchev–Trinajstić information content (AvgIpc) is 3.31. The highest BCUT2D eigenvalue weighted by Crippen LogP contribution is 2.23. The summed E-state index contributed by atoms with van der Waals surface area (Å²) < 4.78 is 2.20. The van der Waals surface area contributed by atoms with Gasteiger partial charge in [-0.05, 0) is 16.7 Å². The van der Waals surface area contributed by atoms with E-state index in [2.05, 4.69) is 110 Å². The van der Waals surface area contributed by atoms with Gasteiger partial charge in [-0.3, -0.25) is 4.99 Å². The second-order valence-corrected chi connectivity index (χ2v) is 7.96. The van der Waals surface area contributed by atoms with Crippen LogP contribution in [0.3, 0.4) is 0 Å². The molecule has 0 atom stereocenters. The predicted molar refractivity (Wildman–Crippen MR) is 151 cm³/mol. The molecule has 1 heterocycles. The SMILES string of the molecule is CN=C(NCCc1nccn1Cc1ccccc1)NCC(c1ccccc1)c1ccccc1.I. The van der Waals surface area contributed by atoms with E-state index in [9.17, 15) is 0 Å². The minimum Gasteiger partial charge on any atom is -0.356 e. The number of aliphatic imine (C=N–C) groups is 1. The van der Waals surface area contributed by atoms with Crippen molar-refractivity contribution < 1.29 is 0 Å². The number of halogens is 1. The highest BCUT2D eigenvalue weighted by Gasteiger charge is 2.14. The zero-order valence-electron chi connectivity index (χ0n) is 19.5. The minimum absolute atomic E-state index is 0. The van der Waals surface area contributed by atoms with Crippen LogP contribution in [0.25, 0.3) is 0 Å². The first-order valence-electron chi connectivity index (χ1n) is 11.4. The van der Waals surface area contributed by atoms with Crippen LogP contribution in [-0.2, 0) is 13.0 Å². The molecule has 0 fully saturated rings. The third kappa shape index (κ3) is 7.18. The van der Waals surface area contributed by atoms with Crippen LogP contribution in [-0.4, -0.2) is 35.6 Å². The minimum atomic E-state index is 0. The maximum absolute atomic E-state index is 4.55. The summed E-state index contributed by atoms with van der Waals surface area (Å²) >= 11 is 0. The Morgan fingerprint density at radius 3 is 2.03 bits per heavy atom. The van der Waals surface area contributed by atoms with Crippen molar-refractivity contribution in [2.24, 2.45) is 4.99 Å². The van der Waals surface area contributed by atoms with Crippen LogP contribution in [0.1, 0.15) is 28.4 Å². The number of guanidine groups is 1. The van der Waals surface area contributed by atoms with Crippen LogP contribution in [0.4, 0.5) is 0 Å². The molecule has 0 aliphatic carbocycles. The topological polar surface area (TPSA) is 54.2 Å². The van der Waals surface area contributed by atoms with Crippen molar-refractivity contribution >= 4 is 29.9 Å². The van der Waals surface area contributed by atoms with Crippen LogP contribution in [0.15, 0.2) is 108 Å². The molecule has 0 unspecified atom stereocenters. The van der Waals surface area contributed by atoms with Gasteiger partial charge in [0.25, 0.3) is 0 Å². The fraction of sp³-hybridized carbons (Fsp3) is 0.214. The third-order valence-electron chi connectivity index (χ3n) is 5.74. The van der Waals surface area contributed by atoms with E-state index in [1.807, 2.05) is 25.5 Å². The van der Waals surface area contributed by atoms with Gasteiger partial charge in [0.2, 0.25) is 0 Å². The number of rotatable bonds is 9. The standard InChI is InChI=1S/C28H31N5.HI/c1-29-28(31-18-17-27-30-19-20-33(27)22-23-11-5-2-6-12-23)32-21-26(24-13-7-3-8-14-24)25-15-9-4-10-16-25;/h2-16,19-20,26H,17-18,21-22H2,1H3,(H2,29,31,32);1H. The molecule has 0 aliphatic rings. The predicted octanol–water partition coefficient (Wildman–Crippen LogP) is 5.09. The number of aromatic nitrogens is 2. The molecule has 176 valence electrons. The van der Waals surface area contributed by atoms with Gasteiger partial charge in [0.1, 0.15) is 5.82 Å². The Labute approximate surface area is 219 Å². The van der Waals surface area contributed by atoms with E-state index in [0.29, 0.717) is 0 Å². The molecule has 0 saturated heterocycles. The van der Waals surface area contributed by atoms with Gasteiger partial charge in [0.05, 0.1) is 0 Å². The molecule has 0 radical (unpaired) electrons. The van der Waals surface area contributed by atoms with Crippen molar-refractivity contribution in [3.63, 3.8) is 0 Å². The van der Waals surface area contributed by atoms with Crippen molar-refractivity contribution in [2.75, 3.05) is 20.1 Å². The largest absolute Gasteiger partial charge is 0.356 e. The van der Waals surface area contributed by atoms with E-state index >= 15 is 0 Å². The lowest BCUT2D eigenvalue weighted by Crippen LogP contribution is -2.40. The summed E-state index contributed by atoms with van der Waals surface area (Å²) in [7, 11) is 1.81. The maximum atomic E-state index is 4.55. The van der Waals surface area contributed by atoms with Crippen LogP contribution in [0.2, 0.25) is 0 Å². The summed E-state index contributed by atoms with van der Waals surface area (Å²) in [5, 5.41) is 6.96. The Kier molecular flexibility index (Phi) is 10.2. The summed E-state index contributed by atoms with van der Waals surface area (Å²) in [6.45, 7) is 2.35. The van der Waals surface area contributed by atoms with Gasteiger partial charge in [-0.2, -0.15) is 0 Å². The van der Waals surface area contributed by atoms with Crippen LogP contribution in [0.5, 0.6) is 0 Å². The summed E-state index contributed by atoms with van der Waals surface area (Å²) in [6.07, 6.45) is 4.73. The van der Waals surface area contributed by atoms with E-state index in [-0.39, 0.29) is 29.9 Å². The number of hydrogen-bond acceptors (Lipinski definition) is 2. The molecule has 6 heteroatoms. The lowest BCUT2D eigenvalue weighted by molar-refractivity contribution is 0.686. The van der Waals surface area contributed by atoms with Crippen LogP contribution in [0, 0.1) is 0 Å². The number of hydrogen-bond donors (Lipinski definition) is 2. The third-order valence-corrected chi connectivity index (χ3v) is 5.74. The van der Waals surface area contributed by atoms with Crippen molar-refractivity contribution in [1.82, 2.24) is 20.2 Å². The molecule has 5 nitrogen and oxygen atoms in total. The first kappa shape index (κ1) is 25.5. The summed E-state index contributed by atoms with van der Waals surface area (Å²) in [5.41, 5.74) is 3.85. The maximum Gasteiger partial charge on any atom is 0.191 e. The van der Waals surface area contributed by atoms with Gasteiger partial charge in [0.15, 0.2) is 5.96 Å². The molecule has 0 spiro atoms. The smallest absolute Gasteiger partial charge is 0.191 e. The molecule has 0 amide bonds. The number of nitrogens with zero attached hydrogens (tertiary/aromatic N) is 3. The summed E-state index contributed by atoms with van der Waals surface area (Å²) in [6, 6.07) is 31.7. The van der Waals surface area contributed by atoms with Gasteiger partial charge in [-0.1, -0.05) is 91.0 Å². The lowest BCUT2D eigenvalue weighted by Gasteiger charge is -2.20. The van der Waals surface area contributed by atoms with E-state index in [0.717, 1.165) is 37.8 Å². The van der Waals surface area contributed by atoms with Crippen molar-refractivity contribution in [1.29, 1.82) is 0 Å². The van der Waals surface area contributed by atoms with Crippen LogP contribution < -0.4 is 10.6 Å². The molecule has 1 aromatic heterocycles. The number of nitrogens with one attached hydrogen (secondary N) is 2. The number of benzene rings is 3. The Hall–Kier alpha value is -3.13. The highest BCUT2D eigenvalue weighted by molar-refractivity contribution is 14.0. The number of imidazole rings is 1. The second-order valence-electron chi connectivity index (χ2n) is 7.96. The zero-order valence-corrected chi connectivity index (χ0v) is 21.8. The van der Waals surface area contributed by atoms with E-state index in [4.69, 9.17) is 0 Å². The van der Waals surface area contributed by atoms with Gasteiger partial charge in [-0.15, -0.1) is 24.0 Å². The van der Waals surface area contributed by atoms with Crippen molar-refractivity contribution in [2.45, 2.75) is 18.9 Å². The first-order chi connectivity index (χ1) is 16.3. The van der Waals surface area contributed by atoms with Crippen molar-refractivity contribution in [3.05, 3.63) is 126 Å². The Morgan fingerprint density at radius 1 is 0.853 bits per heavy atom. The average molecular weight is 566 g/mol. The van der Waals surface area contributed by atoms with Crippen molar-refractivity contribution in [3.8, 4) is 0 Å². The quantitative estimate of drug-likeness (QED) is 0.169. The normalized spacial score (nSPS) is 11.2. The second kappa shape index (κ2) is 13.5. The molecular weight excluding hydrogens is 533 g/mol. The molecule has 4 rings (SSSR count). The summed E-state index contributed by atoms with van der Waals surface area (Å²) in [5.74, 6) is 2.11. The monoisotopic (exact) mass is 565 g/mol. The fourth-order valence-electron chi connectivity index (χ4n) is 4.00. The van der Waals surface area contributed by atoms with E-state index < -0.39 is 0 Å². The Morgan fingerprint density at radius 2 is 1.44 bits per heavy atom. The molecular formula is C28H32IN5. The molecule has 4 aromatic rings. The lowest BCUT2D eigenvalue weighted by atomic mass is 9.91. The Balaban J connectivity index is 0.00000324. The Bertz CT molecular complexity index is 1090. The molecule has 2 N–H and O–H groups in total. The van der Waals surface area contributed by atoms with Gasteiger partial charge < -0.3 is 15.2 Å². The fourth-order valence-corrected chi connectivity index (χ4v) is 4.00. The first-order valence-corrected chi connectivity index (χ1v) is 11.4. The van der Waals surface area contributed by atoms with Gasteiger partial charge in [-0.25, -0.2) is 4.98 Å². The van der Waals surface area contributed by atoms with Crippen LogP contribution >= 0.6 is 24.0 Å². The van der Waals surface area contributed by atoms with E-state index in [1.165, 1.54) is 16.7 Å².